The summed E-state index contributed by atoms with van der Waals surface area (Å²) < 4.78 is 12.9. The molecule has 0 atom stereocenters. The maximum Gasteiger partial charge on any atom is 0.253 e. The van der Waals surface area contributed by atoms with E-state index in [-0.39, 0.29) is 11.4 Å². The molecule has 1 saturated heterocycles. The Bertz CT molecular complexity index is 1580. The van der Waals surface area contributed by atoms with Crippen molar-refractivity contribution in [1.29, 1.82) is 0 Å². The van der Waals surface area contributed by atoms with Crippen molar-refractivity contribution in [3.63, 3.8) is 0 Å². The summed E-state index contributed by atoms with van der Waals surface area (Å²) in [4.78, 5) is 37.9. The van der Waals surface area contributed by atoms with Crippen molar-refractivity contribution in [2.75, 3.05) is 38.7 Å². The number of morpholine rings is 1. The van der Waals surface area contributed by atoms with Gasteiger partial charge in [-0.25, -0.2) is 9.50 Å². The molecule has 11 nitrogen and oxygen atoms in total. The van der Waals surface area contributed by atoms with Crippen LogP contribution in [-0.4, -0.2) is 75.2 Å². The van der Waals surface area contributed by atoms with Crippen LogP contribution in [0, 0.1) is 6.92 Å². The van der Waals surface area contributed by atoms with Gasteiger partial charge in [-0.3, -0.25) is 19.5 Å². The highest BCUT2D eigenvalue weighted by molar-refractivity contribution is 7.21. The van der Waals surface area contributed by atoms with Gasteiger partial charge in [0.1, 0.15) is 4.83 Å². The lowest BCUT2D eigenvalue weighted by atomic mass is 9.75. The number of nitrogens with one attached hydrogen (secondary N) is 1. The van der Waals surface area contributed by atoms with E-state index >= 15 is 0 Å². The lowest BCUT2D eigenvalue weighted by molar-refractivity contribution is -0.131. The smallest absolute Gasteiger partial charge is 0.253 e. The highest BCUT2D eigenvalue weighted by Crippen LogP contribution is 2.44. The summed E-state index contributed by atoms with van der Waals surface area (Å²) in [6.45, 7) is 4.25. The minimum atomic E-state index is -0.564. The molecule has 0 aromatic carbocycles. The highest BCUT2D eigenvalue weighted by atomic mass is 32.1. The molecule has 0 radical (unpaired) electrons. The second-order valence-electron chi connectivity index (χ2n) is 9.94. The predicted molar refractivity (Wildman–Crippen MR) is 147 cm³/mol. The molecule has 2 aliphatic rings. The zero-order valence-electron chi connectivity index (χ0n) is 21.8. The number of rotatable bonds is 7. The molecule has 0 unspecified atom stereocenters. The number of anilines is 1. The molecule has 12 heteroatoms. The van der Waals surface area contributed by atoms with Gasteiger partial charge in [-0.1, -0.05) is 0 Å². The van der Waals surface area contributed by atoms with E-state index in [4.69, 9.17) is 15.2 Å². The first-order valence-electron chi connectivity index (χ1n) is 12.8. The van der Waals surface area contributed by atoms with Gasteiger partial charge in [0.15, 0.2) is 0 Å². The molecule has 1 saturated carbocycles. The van der Waals surface area contributed by atoms with E-state index in [2.05, 4.69) is 25.3 Å². The number of nitrogens with zero attached hydrogens (tertiary/aromatic N) is 5. The van der Waals surface area contributed by atoms with Gasteiger partial charge in [-0.05, 0) is 44.4 Å². The first kappa shape index (κ1) is 25.4. The van der Waals surface area contributed by atoms with Crippen LogP contribution in [0.15, 0.2) is 36.8 Å². The zero-order chi connectivity index (χ0) is 27.1. The summed E-state index contributed by atoms with van der Waals surface area (Å²) in [5, 5.41) is 7.53. The topological polar surface area (TPSA) is 137 Å². The SMILES string of the molecule is COc1ncccc1-c1sc2c(C(N)=O)cnn2c1-c1cc(NC(=O)CN2CCOCC23CCC3)cnc1C. The summed E-state index contributed by atoms with van der Waals surface area (Å²) in [6.07, 6.45) is 8.05. The number of primary amides is 1. The van der Waals surface area contributed by atoms with Gasteiger partial charge >= 0.3 is 0 Å². The standard InChI is InChI=1S/C27H29N7O4S/c1-16-19(11-17(12-30-16)32-21(35)14-33-9-10-38-15-27(33)6-4-7-27)22-23(18-5-3-8-29-25(18)37-2)39-26-20(24(28)36)13-31-34(22)26/h3,5,8,11-13H,4,6-7,9-10,14-15H2,1-2H3,(H2,28,36)(H,32,35). The van der Waals surface area contributed by atoms with Crippen molar-refractivity contribution < 1.29 is 19.1 Å². The van der Waals surface area contributed by atoms with Crippen molar-refractivity contribution in [2.24, 2.45) is 5.73 Å². The fraction of sp³-hybridized carbons (Fsp3) is 0.370. The van der Waals surface area contributed by atoms with Gasteiger partial charge in [-0.2, -0.15) is 5.10 Å². The van der Waals surface area contributed by atoms with Crippen LogP contribution in [0.1, 0.15) is 35.3 Å². The number of fused-ring (bicyclic) bond motifs is 1. The predicted octanol–water partition coefficient (Wildman–Crippen LogP) is 3.13. The molecular weight excluding hydrogens is 518 g/mol. The number of thiazole rings is 1. The second kappa shape index (κ2) is 10.0. The molecule has 3 N–H and O–H groups in total. The number of carbonyl (C=O) groups excluding carboxylic acids is 2. The molecule has 2 fully saturated rings. The molecule has 5 heterocycles. The minimum absolute atomic E-state index is 0.00946. The minimum Gasteiger partial charge on any atom is -0.481 e. The van der Waals surface area contributed by atoms with Crippen molar-refractivity contribution in [3.8, 4) is 27.6 Å². The Hall–Kier alpha value is -3.87. The van der Waals surface area contributed by atoms with E-state index in [1.165, 1.54) is 17.5 Å². The summed E-state index contributed by atoms with van der Waals surface area (Å²) in [5.41, 5.74) is 9.45. The molecule has 1 aliphatic carbocycles. The molecule has 0 bridgehead atoms. The second-order valence-corrected chi connectivity index (χ2v) is 10.9. The Morgan fingerprint density at radius 2 is 2.10 bits per heavy atom. The number of aromatic nitrogens is 4. The Morgan fingerprint density at radius 1 is 1.26 bits per heavy atom. The number of amides is 2. The number of ether oxygens (including phenoxy) is 2. The maximum absolute atomic E-state index is 13.1. The van der Waals surface area contributed by atoms with E-state index in [0.29, 0.717) is 47.4 Å². The lowest BCUT2D eigenvalue weighted by Gasteiger charge is -2.52. The van der Waals surface area contributed by atoms with Gasteiger partial charge in [-0.15, -0.1) is 11.3 Å². The Morgan fingerprint density at radius 3 is 2.85 bits per heavy atom. The first-order valence-corrected chi connectivity index (χ1v) is 13.6. The van der Waals surface area contributed by atoms with Crippen LogP contribution in [0.4, 0.5) is 5.69 Å². The normalized spacial score (nSPS) is 16.8. The molecule has 4 aromatic heterocycles. The number of pyridine rings is 2. The molecular formula is C27H29N7O4S. The van der Waals surface area contributed by atoms with Gasteiger partial charge in [0.25, 0.3) is 5.91 Å². The van der Waals surface area contributed by atoms with E-state index in [9.17, 15) is 9.59 Å². The van der Waals surface area contributed by atoms with Gasteiger partial charge < -0.3 is 20.5 Å². The van der Waals surface area contributed by atoms with Crippen LogP contribution in [-0.2, 0) is 9.53 Å². The van der Waals surface area contributed by atoms with Gasteiger partial charge in [0.2, 0.25) is 11.8 Å². The third kappa shape index (κ3) is 4.44. The van der Waals surface area contributed by atoms with Crippen molar-refractivity contribution in [1.82, 2.24) is 24.5 Å². The van der Waals surface area contributed by atoms with Crippen LogP contribution >= 0.6 is 11.3 Å². The summed E-state index contributed by atoms with van der Waals surface area (Å²) >= 11 is 1.37. The Kier molecular flexibility index (Phi) is 6.53. The van der Waals surface area contributed by atoms with E-state index in [1.807, 2.05) is 25.1 Å². The van der Waals surface area contributed by atoms with Gasteiger partial charge in [0.05, 0.1) is 66.6 Å². The number of methoxy groups -OCH3 is 1. The molecule has 1 aliphatic heterocycles. The van der Waals surface area contributed by atoms with E-state index in [0.717, 1.165) is 47.5 Å². The Balaban J connectivity index is 1.38. The number of hydrogen-bond acceptors (Lipinski definition) is 9. The number of carbonyl (C=O) groups is 2. The number of nitrogens with two attached hydrogens (primary N) is 1. The lowest BCUT2D eigenvalue weighted by Crippen LogP contribution is -2.62. The van der Waals surface area contributed by atoms with E-state index < -0.39 is 5.91 Å². The number of aryl methyl sites for hydroxylation is 1. The summed E-state index contributed by atoms with van der Waals surface area (Å²) in [5.74, 6) is -0.223. The van der Waals surface area contributed by atoms with E-state index in [1.54, 1.807) is 24.0 Å². The first-order chi connectivity index (χ1) is 18.9. The zero-order valence-corrected chi connectivity index (χ0v) is 22.6. The Labute approximate surface area is 228 Å². The summed E-state index contributed by atoms with van der Waals surface area (Å²) in [6, 6.07) is 5.61. The third-order valence-electron chi connectivity index (χ3n) is 7.62. The fourth-order valence-corrected chi connectivity index (χ4v) is 6.66. The monoisotopic (exact) mass is 547 g/mol. The fourth-order valence-electron chi connectivity index (χ4n) is 5.42. The third-order valence-corrected chi connectivity index (χ3v) is 8.82. The molecule has 2 amide bonds. The van der Waals surface area contributed by atoms with Crippen molar-refractivity contribution in [3.05, 3.63) is 48.0 Å². The van der Waals surface area contributed by atoms with Crippen molar-refractivity contribution in [2.45, 2.75) is 31.7 Å². The van der Waals surface area contributed by atoms with Crippen LogP contribution in [0.3, 0.4) is 0 Å². The van der Waals surface area contributed by atoms with Crippen LogP contribution in [0.5, 0.6) is 5.88 Å². The quantitative estimate of drug-likeness (QED) is 0.360. The van der Waals surface area contributed by atoms with Crippen LogP contribution < -0.4 is 15.8 Å². The van der Waals surface area contributed by atoms with Crippen molar-refractivity contribution >= 4 is 33.7 Å². The summed E-state index contributed by atoms with van der Waals surface area (Å²) in [7, 11) is 1.56. The largest absolute Gasteiger partial charge is 0.481 e. The van der Waals surface area contributed by atoms with Gasteiger partial charge in [0, 0.05) is 29.5 Å². The molecule has 6 rings (SSSR count). The average Bonchev–Trinajstić information content (AvgIpc) is 3.48. The van der Waals surface area contributed by atoms with Crippen LogP contribution in [0.2, 0.25) is 0 Å². The molecule has 1 spiro atoms. The number of hydrogen-bond donors (Lipinski definition) is 2. The molecule has 4 aromatic rings. The highest BCUT2D eigenvalue weighted by Gasteiger charge is 2.45. The molecule has 202 valence electrons. The maximum atomic E-state index is 13.1. The molecule has 39 heavy (non-hydrogen) atoms. The average molecular weight is 548 g/mol. The van der Waals surface area contributed by atoms with Crippen LogP contribution in [0.25, 0.3) is 26.5 Å².